The van der Waals surface area contributed by atoms with Crippen LogP contribution in [-0.2, 0) is 0 Å². The second-order valence-electron chi connectivity index (χ2n) is 5.14. The maximum Gasteiger partial charge on any atom is 0.195 e. The van der Waals surface area contributed by atoms with Gasteiger partial charge in [-0.25, -0.2) is 4.98 Å². The van der Waals surface area contributed by atoms with Crippen LogP contribution in [0.3, 0.4) is 0 Å². The minimum atomic E-state index is 0.652. The summed E-state index contributed by atoms with van der Waals surface area (Å²) in [6.45, 7) is 8.16. The summed E-state index contributed by atoms with van der Waals surface area (Å²) < 4.78 is 1.99. The van der Waals surface area contributed by atoms with Gasteiger partial charge in [-0.2, -0.15) is 0 Å². The van der Waals surface area contributed by atoms with Gasteiger partial charge in [-0.15, -0.1) is 11.3 Å². The summed E-state index contributed by atoms with van der Waals surface area (Å²) in [5, 5.41) is 0. The van der Waals surface area contributed by atoms with Crippen LogP contribution >= 0.6 is 11.3 Å². The van der Waals surface area contributed by atoms with Crippen molar-refractivity contribution in [3.05, 3.63) is 45.6 Å². The Kier molecular flexibility index (Phi) is 2.98. The molecular weight excluding hydrogens is 268 g/mol. The zero-order chi connectivity index (χ0) is 14.4. The average Bonchev–Trinajstić information content (AvgIpc) is 2.83. The zero-order valence-corrected chi connectivity index (χ0v) is 12.8. The molecular formula is C16H16N2OS. The van der Waals surface area contributed by atoms with E-state index in [1.165, 1.54) is 21.6 Å². The Hall–Kier alpha value is -1.94. The molecule has 3 rings (SSSR count). The highest BCUT2D eigenvalue weighted by molar-refractivity contribution is 7.17. The Balaban J connectivity index is 2.40. The predicted octanol–water partition coefficient (Wildman–Crippen LogP) is 4.11. The first-order valence-electron chi connectivity index (χ1n) is 6.54. The smallest absolute Gasteiger partial charge is 0.195 e. The molecule has 0 radical (unpaired) electrons. The number of carbonyl (C=O) groups is 1. The van der Waals surface area contributed by atoms with E-state index < -0.39 is 0 Å². The molecule has 0 bridgehead atoms. The van der Waals surface area contributed by atoms with Crippen LogP contribution < -0.4 is 0 Å². The molecule has 20 heavy (non-hydrogen) atoms. The summed E-state index contributed by atoms with van der Waals surface area (Å²) in [7, 11) is 0. The van der Waals surface area contributed by atoms with Crippen LogP contribution in [0.5, 0.6) is 0 Å². The molecule has 2 heterocycles. The van der Waals surface area contributed by atoms with E-state index in [4.69, 9.17) is 0 Å². The molecule has 0 N–H and O–H groups in total. The van der Waals surface area contributed by atoms with Crippen LogP contribution in [0.4, 0.5) is 0 Å². The fraction of sp³-hybridized carbons (Fsp3) is 0.250. The van der Waals surface area contributed by atoms with E-state index >= 15 is 0 Å². The Morgan fingerprint density at radius 3 is 2.60 bits per heavy atom. The molecule has 4 heteroatoms. The molecule has 0 aliphatic heterocycles. The van der Waals surface area contributed by atoms with E-state index in [9.17, 15) is 4.79 Å². The van der Waals surface area contributed by atoms with Crippen molar-refractivity contribution < 1.29 is 4.79 Å². The van der Waals surface area contributed by atoms with E-state index in [0.29, 0.717) is 5.69 Å². The molecule has 102 valence electrons. The number of thiazole rings is 1. The van der Waals surface area contributed by atoms with Crippen molar-refractivity contribution >= 4 is 22.6 Å². The van der Waals surface area contributed by atoms with Crippen molar-refractivity contribution in [2.45, 2.75) is 27.7 Å². The molecule has 0 aliphatic rings. The maximum absolute atomic E-state index is 11.4. The first-order valence-corrected chi connectivity index (χ1v) is 7.36. The van der Waals surface area contributed by atoms with Gasteiger partial charge in [0.2, 0.25) is 0 Å². The zero-order valence-electron chi connectivity index (χ0n) is 12.0. The quantitative estimate of drug-likeness (QED) is 0.664. The molecule has 3 aromatic rings. The van der Waals surface area contributed by atoms with Gasteiger partial charge in [-0.3, -0.25) is 9.20 Å². The highest BCUT2D eigenvalue weighted by Crippen LogP contribution is 2.34. The van der Waals surface area contributed by atoms with Gasteiger partial charge in [0.05, 0.1) is 11.4 Å². The van der Waals surface area contributed by atoms with Crippen LogP contribution in [0.15, 0.2) is 18.2 Å². The number of imidazole rings is 1. The minimum Gasteiger partial charge on any atom is -0.296 e. The monoisotopic (exact) mass is 284 g/mol. The highest BCUT2D eigenvalue weighted by atomic mass is 32.1. The molecule has 0 saturated carbocycles. The number of carbonyl (C=O) groups excluding carboxylic acids is 1. The second kappa shape index (κ2) is 4.56. The Bertz CT molecular complexity index is 827. The van der Waals surface area contributed by atoms with Gasteiger partial charge < -0.3 is 0 Å². The molecule has 0 unspecified atom stereocenters. The summed E-state index contributed by atoms with van der Waals surface area (Å²) in [5.74, 6) is 0. The van der Waals surface area contributed by atoms with E-state index in [2.05, 4.69) is 44.0 Å². The lowest BCUT2D eigenvalue weighted by molar-refractivity contribution is 0.111. The van der Waals surface area contributed by atoms with Gasteiger partial charge in [0.15, 0.2) is 11.2 Å². The number of fused-ring (bicyclic) bond motifs is 1. The fourth-order valence-corrected chi connectivity index (χ4v) is 3.71. The van der Waals surface area contributed by atoms with E-state index in [1.54, 1.807) is 11.3 Å². The van der Waals surface area contributed by atoms with Crippen molar-refractivity contribution in [1.82, 2.24) is 9.38 Å². The van der Waals surface area contributed by atoms with E-state index in [1.807, 2.05) is 11.3 Å². The Morgan fingerprint density at radius 1 is 1.20 bits per heavy atom. The highest BCUT2D eigenvalue weighted by Gasteiger charge is 2.18. The van der Waals surface area contributed by atoms with Crippen LogP contribution in [0.25, 0.3) is 16.2 Å². The third-order valence-corrected chi connectivity index (χ3v) is 4.57. The van der Waals surface area contributed by atoms with Crippen LogP contribution in [0.2, 0.25) is 0 Å². The van der Waals surface area contributed by atoms with Gasteiger partial charge in [0.25, 0.3) is 0 Å². The molecule has 0 aliphatic carbocycles. The standard InChI is InChI=1S/C16H16N2OS/c1-9-5-6-13(10(2)7-9)15-12(4)20-16-17-11(3)14(8-19)18(15)16/h5-8H,1-4H3. The van der Waals surface area contributed by atoms with E-state index in [0.717, 1.165) is 22.6 Å². The topological polar surface area (TPSA) is 34.4 Å². The summed E-state index contributed by atoms with van der Waals surface area (Å²) in [5.41, 5.74) is 6.16. The lowest BCUT2D eigenvalue weighted by atomic mass is 10.0. The lowest BCUT2D eigenvalue weighted by Gasteiger charge is -2.08. The molecule has 0 atom stereocenters. The van der Waals surface area contributed by atoms with Crippen LogP contribution in [0, 0.1) is 27.7 Å². The van der Waals surface area contributed by atoms with Crippen molar-refractivity contribution in [3.8, 4) is 11.3 Å². The minimum absolute atomic E-state index is 0.652. The number of hydrogen-bond acceptors (Lipinski definition) is 3. The number of nitrogens with zero attached hydrogens (tertiary/aromatic N) is 2. The summed E-state index contributed by atoms with van der Waals surface area (Å²) in [6.07, 6.45) is 0.897. The van der Waals surface area contributed by atoms with Crippen molar-refractivity contribution in [2.24, 2.45) is 0 Å². The van der Waals surface area contributed by atoms with Gasteiger partial charge >= 0.3 is 0 Å². The number of benzene rings is 1. The summed E-state index contributed by atoms with van der Waals surface area (Å²) in [6, 6.07) is 6.40. The molecule has 1 aromatic carbocycles. The maximum atomic E-state index is 11.4. The Morgan fingerprint density at radius 2 is 1.95 bits per heavy atom. The van der Waals surface area contributed by atoms with Crippen molar-refractivity contribution in [3.63, 3.8) is 0 Å². The number of rotatable bonds is 2. The van der Waals surface area contributed by atoms with Crippen molar-refractivity contribution in [1.29, 1.82) is 0 Å². The van der Waals surface area contributed by atoms with E-state index in [-0.39, 0.29) is 0 Å². The normalized spacial score (nSPS) is 11.2. The average molecular weight is 284 g/mol. The number of aldehydes is 1. The van der Waals surface area contributed by atoms with Crippen molar-refractivity contribution in [2.75, 3.05) is 0 Å². The largest absolute Gasteiger partial charge is 0.296 e. The van der Waals surface area contributed by atoms with Gasteiger partial charge in [0, 0.05) is 10.4 Å². The van der Waals surface area contributed by atoms with Gasteiger partial charge in [-0.05, 0) is 33.3 Å². The van der Waals surface area contributed by atoms with Gasteiger partial charge in [-0.1, -0.05) is 23.8 Å². The lowest BCUT2D eigenvalue weighted by Crippen LogP contribution is -1.96. The molecule has 0 saturated heterocycles. The number of aromatic nitrogens is 2. The fourth-order valence-electron chi connectivity index (χ4n) is 2.67. The SMILES string of the molecule is Cc1ccc(-c2c(C)sc3nc(C)c(C=O)n23)c(C)c1. The van der Waals surface area contributed by atoms with Gasteiger partial charge in [0.1, 0.15) is 5.69 Å². The number of aryl methyl sites for hydroxylation is 4. The summed E-state index contributed by atoms with van der Waals surface area (Å²) in [4.78, 5) is 17.9. The van der Waals surface area contributed by atoms with Crippen LogP contribution in [-0.4, -0.2) is 15.7 Å². The molecule has 2 aromatic heterocycles. The first-order chi connectivity index (χ1) is 9.52. The number of hydrogen-bond donors (Lipinski definition) is 0. The predicted molar refractivity (Wildman–Crippen MR) is 82.8 cm³/mol. The third kappa shape index (κ3) is 1.79. The molecule has 0 spiro atoms. The second-order valence-corrected chi connectivity index (χ2v) is 6.33. The van der Waals surface area contributed by atoms with Crippen LogP contribution in [0.1, 0.15) is 32.2 Å². The Labute approximate surface area is 121 Å². The summed E-state index contributed by atoms with van der Waals surface area (Å²) >= 11 is 1.63. The molecule has 3 nitrogen and oxygen atoms in total. The first kappa shape index (κ1) is 13.1. The molecule has 0 amide bonds. The third-order valence-electron chi connectivity index (χ3n) is 3.62. The molecule has 0 fully saturated rings.